The monoisotopic (exact) mass is 513 g/mol. The zero-order chi connectivity index (χ0) is 27.1. The smallest absolute Gasteiger partial charge is 0.271 e. The van der Waals surface area contributed by atoms with Crippen molar-refractivity contribution in [2.75, 3.05) is 5.43 Å². The average molecular weight is 513 g/mol. The average Bonchev–Trinajstić information content (AvgIpc) is 2.92. The van der Waals surface area contributed by atoms with E-state index in [1.807, 2.05) is 59.4 Å². The number of hydrogen-bond donors (Lipinski definition) is 1. The highest BCUT2D eigenvalue weighted by atomic mass is 16.6. The summed E-state index contributed by atoms with van der Waals surface area (Å²) in [5.74, 6) is 0. The maximum Gasteiger partial charge on any atom is 0.301 e. The van der Waals surface area contributed by atoms with Crippen LogP contribution in [-0.2, 0) is 13.0 Å². The number of aromatic nitrogens is 1. The van der Waals surface area contributed by atoms with Gasteiger partial charge in [-0.2, -0.15) is 9.67 Å². The van der Waals surface area contributed by atoms with E-state index in [-0.39, 0.29) is 17.9 Å². The Morgan fingerprint density at radius 1 is 0.737 bits per heavy atom. The predicted molar refractivity (Wildman–Crippen MR) is 139 cm³/mol. The Morgan fingerprint density at radius 2 is 1.34 bits per heavy atom. The van der Waals surface area contributed by atoms with Gasteiger partial charge in [0.15, 0.2) is 18.9 Å². The molecule has 0 saturated heterocycles. The normalized spacial score (nSPS) is 11.1. The van der Waals surface area contributed by atoms with Crippen LogP contribution in [0.1, 0.15) is 16.7 Å². The molecule has 0 saturated carbocycles. The summed E-state index contributed by atoms with van der Waals surface area (Å²) in [6.45, 7) is 0.233. The lowest BCUT2D eigenvalue weighted by Crippen LogP contribution is -2.37. The Hall–Kier alpha value is -5.52. The molecule has 3 aromatic carbocycles. The molecule has 190 valence electrons. The fraction of sp³-hybridized carbons (Fsp3) is 0.0769. The Balaban J connectivity index is 1.63. The summed E-state index contributed by atoms with van der Waals surface area (Å²) < 4.78 is 1.85. The van der Waals surface area contributed by atoms with Gasteiger partial charge in [0, 0.05) is 35.9 Å². The molecular formula is C26H21N6O6+. The molecule has 0 atom stereocenters. The number of nitro groups is 3. The van der Waals surface area contributed by atoms with E-state index < -0.39 is 26.1 Å². The van der Waals surface area contributed by atoms with Gasteiger partial charge in [-0.15, -0.1) is 0 Å². The largest absolute Gasteiger partial charge is 0.301 e. The summed E-state index contributed by atoms with van der Waals surface area (Å²) >= 11 is 0. The maximum absolute atomic E-state index is 11.5. The van der Waals surface area contributed by atoms with Gasteiger partial charge < -0.3 is 0 Å². The van der Waals surface area contributed by atoms with E-state index in [0.29, 0.717) is 11.3 Å². The standard InChI is InChI=1S/C26H21N6O6/c33-30(34)22-8-6-21(7-9-22)25(28-27-24-11-10-23(31(35)36)17-26(24)32(37)38)18-29-14-12-20(13-15-29)16-19-4-2-1-3-5-19/h1-15,17,27H,16,18H2/q+1. The number of benzene rings is 3. The molecule has 0 radical (unpaired) electrons. The summed E-state index contributed by atoms with van der Waals surface area (Å²) in [5, 5.41) is 37.9. The zero-order valence-electron chi connectivity index (χ0n) is 19.8. The molecule has 0 amide bonds. The quantitative estimate of drug-likeness (QED) is 0.138. The highest BCUT2D eigenvalue weighted by molar-refractivity contribution is 6.00. The van der Waals surface area contributed by atoms with Gasteiger partial charge in [-0.05, 0) is 35.7 Å². The topological polar surface area (TPSA) is 158 Å². The summed E-state index contributed by atoms with van der Waals surface area (Å²) in [6, 6.07) is 22.9. The third-order valence-electron chi connectivity index (χ3n) is 5.66. The van der Waals surface area contributed by atoms with Crippen LogP contribution in [0.25, 0.3) is 0 Å². The Labute approximate surface area is 216 Å². The van der Waals surface area contributed by atoms with E-state index in [1.165, 1.54) is 35.9 Å². The number of nitrogens with zero attached hydrogens (tertiary/aromatic N) is 5. The van der Waals surface area contributed by atoms with Crippen molar-refractivity contribution in [3.63, 3.8) is 0 Å². The number of nitro benzene ring substituents is 3. The van der Waals surface area contributed by atoms with Gasteiger partial charge in [-0.1, -0.05) is 30.3 Å². The minimum atomic E-state index is -0.739. The molecule has 0 aliphatic rings. The van der Waals surface area contributed by atoms with Crippen molar-refractivity contribution in [1.82, 2.24) is 0 Å². The fourth-order valence-corrected chi connectivity index (χ4v) is 3.69. The van der Waals surface area contributed by atoms with Crippen molar-refractivity contribution in [2.24, 2.45) is 5.10 Å². The van der Waals surface area contributed by atoms with Crippen LogP contribution in [0.5, 0.6) is 0 Å². The van der Waals surface area contributed by atoms with E-state index in [2.05, 4.69) is 10.5 Å². The number of nitrogens with one attached hydrogen (secondary N) is 1. The molecule has 0 aliphatic carbocycles. The molecule has 0 spiro atoms. The first-order valence-electron chi connectivity index (χ1n) is 11.3. The molecule has 4 rings (SSSR count). The molecule has 1 heterocycles. The van der Waals surface area contributed by atoms with Crippen LogP contribution in [0, 0.1) is 30.3 Å². The molecule has 0 unspecified atom stereocenters. The molecule has 1 N–H and O–H groups in total. The van der Waals surface area contributed by atoms with Crippen LogP contribution in [-0.4, -0.2) is 20.5 Å². The van der Waals surface area contributed by atoms with Crippen LogP contribution in [0.3, 0.4) is 0 Å². The summed E-state index contributed by atoms with van der Waals surface area (Å²) in [6.07, 6.45) is 4.50. The van der Waals surface area contributed by atoms with E-state index in [1.54, 1.807) is 0 Å². The Kier molecular flexibility index (Phi) is 7.72. The Morgan fingerprint density at radius 3 is 1.95 bits per heavy atom. The van der Waals surface area contributed by atoms with Crippen molar-refractivity contribution in [3.8, 4) is 0 Å². The second-order valence-electron chi connectivity index (χ2n) is 8.23. The number of pyridine rings is 1. The van der Waals surface area contributed by atoms with Gasteiger partial charge in [-0.3, -0.25) is 35.8 Å². The minimum absolute atomic E-state index is 0.0387. The van der Waals surface area contributed by atoms with Crippen LogP contribution in [0.4, 0.5) is 22.7 Å². The zero-order valence-corrected chi connectivity index (χ0v) is 19.8. The predicted octanol–water partition coefficient (Wildman–Crippen LogP) is 4.81. The number of rotatable bonds is 10. The van der Waals surface area contributed by atoms with Crippen LogP contribution in [0.2, 0.25) is 0 Å². The SMILES string of the molecule is O=[N+]([O-])c1ccc(C(C[n+]2ccc(Cc3ccccc3)cc2)=NNc2ccc([N+](=O)[O-])cc2[N+](=O)[O-])cc1. The highest BCUT2D eigenvalue weighted by Gasteiger charge is 2.20. The van der Waals surface area contributed by atoms with Gasteiger partial charge in [0.05, 0.1) is 20.8 Å². The van der Waals surface area contributed by atoms with Crippen LogP contribution >= 0.6 is 0 Å². The first kappa shape index (κ1) is 25.6. The molecular weight excluding hydrogens is 492 g/mol. The van der Waals surface area contributed by atoms with Gasteiger partial charge in [0.25, 0.3) is 11.4 Å². The van der Waals surface area contributed by atoms with Gasteiger partial charge >= 0.3 is 5.69 Å². The second-order valence-corrected chi connectivity index (χ2v) is 8.23. The molecule has 0 aliphatic heterocycles. The van der Waals surface area contributed by atoms with E-state index in [4.69, 9.17) is 0 Å². The number of non-ortho nitro benzene ring substituents is 2. The Bertz CT molecular complexity index is 1510. The lowest BCUT2D eigenvalue weighted by molar-refractivity contribution is -0.681. The maximum atomic E-state index is 11.5. The van der Waals surface area contributed by atoms with Crippen LogP contribution < -0.4 is 9.99 Å². The molecule has 1 aromatic heterocycles. The van der Waals surface area contributed by atoms with Crippen molar-refractivity contribution < 1.29 is 19.3 Å². The summed E-state index contributed by atoms with van der Waals surface area (Å²) in [5.41, 5.74) is 4.82. The second kappa shape index (κ2) is 11.5. The summed E-state index contributed by atoms with van der Waals surface area (Å²) in [7, 11) is 0. The lowest BCUT2D eigenvalue weighted by Gasteiger charge is -2.07. The third-order valence-corrected chi connectivity index (χ3v) is 5.66. The van der Waals surface area contributed by atoms with Crippen molar-refractivity contribution in [2.45, 2.75) is 13.0 Å². The van der Waals surface area contributed by atoms with Crippen molar-refractivity contribution in [1.29, 1.82) is 0 Å². The van der Waals surface area contributed by atoms with Gasteiger partial charge in [0.2, 0.25) is 0 Å². The lowest BCUT2D eigenvalue weighted by atomic mass is 10.1. The molecule has 12 heteroatoms. The summed E-state index contributed by atoms with van der Waals surface area (Å²) in [4.78, 5) is 31.6. The number of anilines is 1. The van der Waals surface area contributed by atoms with Crippen molar-refractivity contribution >= 4 is 28.5 Å². The van der Waals surface area contributed by atoms with E-state index in [0.717, 1.165) is 24.1 Å². The minimum Gasteiger partial charge on any atom is -0.271 e. The number of hydrogen-bond acceptors (Lipinski definition) is 8. The molecule has 0 bridgehead atoms. The third kappa shape index (κ3) is 6.37. The first-order chi connectivity index (χ1) is 18.3. The van der Waals surface area contributed by atoms with E-state index in [9.17, 15) is 30.3 Å². The van der Waals surface area contributed by atoms with Gasteiger partial charge in [0.1, 0.15) is 11.4 Å². The molecule has 12 nitrogen and oxygen atoms in total. The first-order valence-corrected chi connectivity index (χ1v) is 11.3. The van der Waals surface area contributed by atoms with Crippen LogP contribution in [0.15, 0.2) is 102 Å². The van der Waals surface area contributed by atoms with Crippen molar-refractivity contribution in [3.05, 3.63) is 144 Å². The van der Waals surface area contributed by atoms with Gasteiger partial charge in [-0.25, -0.2) is 0 Å². The fourth-order valence-electron chi connectivity index (χ4n) is 3.69. The number of hydrazone groups is 1. The molecule has 0 fully saturated rings. The van der Waals surface area contributed by atoms with E-state index >= 15 is 0 Å². The highest BCUT2D eigenvalue weighted by Crippen LogP contribution is 2.29. The molecule has 4 aromatic rings. The molecule has 38 heavy (non-hydrogen) atoms.